The number of ketones is 1. The summed E-state index contributed by atoms with van der Waals surface area (Å²) in [5.41, 5.74) is 1.77. The van der Waals surface area contributed by atoms with Crippen LogP contribution >= 0.6 is 0 Å². The summed E-state index contributed by atoms with van der Waals surface area (Å²) in [4.78, 5) is 29.0. The SMILES string of the molecule is CC(=O)N(C)c1cccc(C(=O)c2cccnc2)c1. The van der Waals surface area contributed by atoms with Crippen LogP contribution in [0.2, 0.25) is 0 Å². The molecular formula is C15H14N2O2. The van der Waals surface area contributed by atoms with Gasteiger partial charge in [-0.25, -0.2) is 0 Å². The molecule has 2 rings (SSSR count). The maximum Gasteiger partial charge on any atom is 0.223 e. The Morgan fingerprint density at radius 2 is 1.84 bits per heavy atom. The fourth-order valence-electron chi connectivity index (χ4n) is 1.70. The van der Waals surface area contributed by atoms with Crippen LogP contribution in [0.3, 0.4) is 0 Å². The molecule has 1 aromatic heterocycles. The van der Waals surface area contributed by atoms with Gasteiger partial charge < -0.3 is 4.90 Å². The number of carbonyl (C=O) groups is 2. The quantitative estimate of drug-likeness (QED) is 0.790. The second kappa shape index (κ2) is 5.44. The number of anilines is 1. The molecule has 0 N–H and O–H groups in total. The zero-order valence-corrected chi connectivity index (χ0v) is 10.8. The van der Waals surface area contributed by atoms with Crippen molar-refractivity contribution in [3.8, 4) is 0 Å². The summed E-state index contributed by atoms with van der Waals surface area (Å²) in [7, 11) is 1.68. The van der Waals surface area contributed by atoms with Crippen LogP contribution in [0.1, 0.15) is 22.8 Å². The van der Waals surface area contributed by atoms with Gasteiger partial charge >= 0.3 is 0 Å². The van der Waals surface area contributed by atoms with Crippen LogP contribution in [0.4, 0.5) is 5.69 Å². The topological polar surface area (TPSA) is 50.3 Å². The van der Waals surface area contributed by atoms with Gasteiger partial charge in [0, 0.05) is 43.2 Å². The average molecular weight is 254 g/mol. The van der Waals surface area contributed by atoms with Crippen molar-refractivity contribution >= 4 is 17.4 Å². The molecule has 19 heavy (non-hydrogen) atoms. The first-order chi connectivity index (χ1) is 9.09. The lowest BCUT2D eigenvalue weighted by Gasteiger charge is -2.15. The van der Waals surface area contributed by atoms with Gasteiger partial charge in [-0.3, -0.25) is 14.6 Å². The summed E-state index contributed by atoms with van der Waals surface area (Å²) in [6.07, 6.45) is 3.15. The van der Waals surface area contributed by atoms with Crippen LogP contribution < -0.4 is 4.90 Å². The van der Waals surface area contributed by atoms with Gasteiger partial charge in [-0.2, -0.15) is 0 Å². The lowest BCUT2D eigenvalue weighted by Crippen LogP contribution is -2.23. The third-order valence-corrected chi connectivity index (χ3v) is 2.89. The third kappa shape index (κ3) is 2.85. The maximum absolute atomic E-state index is 12.2. The zero-order chi connectivity index (χ0) is 13.8. The highest BCUT2D eigenvalue weighted by atomic mass is 16.2. The number of carbonyl (C=O) groups excluding carboxylic acids is 2. The molecule has 4 nitrogen and oxygen atoms in total. The van der Waals surface area contributed by atoms with E-state index in [9.17, 15) is 9.59 Å². The Balaban J connectivity index is 2.34. The van der Waals surface area contributed by atoms with Gasteiger partial charge in [0.1, 0.15) is 0 Å². The van der Waals surface area contributed by atoms with E-state index >= 15 is 0 Å². The van der Waals surface area contributed by atoms with E-state index in [0.717, 1.165) is 0 Å². The predicted octanol–water partition coefficient (Wildman–Crippen LogP) is 2.30. The van der Waals surface area contributed by atoms with Crippen LogP contribution in [0.5, 0.6) is 0 Å². The Morgan fingerprint density at radius 1 is 1.11 bits per heavy atom. The van der Waals surface area contributed by atoms with Gasteiger partial charge in [0.2, 0.25) is 5.91 Å². The van der Waals surface area contributed by atoms with Crippen molar-refractivity contribution in [2.75, 3.05) is 11.9 Å². The van der Waals surface area contributed by atoms with Crippen molar-refractivity contribution < 1.29 is 9.59 Å². The lowest BCUT2D eigenvalue weighted by atomic mass is 10.0. The van der Waals surface area contributed by atoms with Crippen molar-refractivity contribution in [3.63, 3.8) is 0 Å². The minimum atomic E-state index is -0.105. The second-order valence-electron chi connectivity index (χ2n) is 4.20. The summed E-state index contributed by atoms with van der Waals surface area (Å²) >= 11 is 0. The number of amides is 1. The summed E-state index contributed by atoms with van der Waals surface area (Å²) < 4.78 is 0. The van der Waals surface area contributed by atoms with Gasteiger partial charge in [-0.1, -0.05) is 12.1 Å². The first-order valence-corrected chi connectivity index (χ1v) is 5.88. The van der Waals surface area contributed by atoms with Gasteiger partial charge in [0.05, 0.1) is 0 Å². The standard InChI is InChI=1S/C15H14N2O2/c1-11(18)17(2)14-7-3-5-12(9-14)15(19)13-6-4-8-16-10-13/h3-10H,1-2H3. The third-order valence-electron chi connectivity index (χ3n) is 2.89. The molecule has 0 saturated carbocycles. The van der Waals surface area contributed by atoms with E-state index in [0.29, 0.717) is 16.8 Å². The Bertz CT molecular complexity index is 609. The molecule has 0 spiro atoms. The highest BCUT2D eigenvalue weighted by Crippen LogP contribution is 2.17. The summed E-state index contributed by atoms with van der Waals surface area (Å²) in [6.45, 7) is 1.48. The molecular weight excluding hydrogens is 240 g/mol. The smallest absolute Gasteiger partial charge is 0.223 e. The number of nitrogens with zero attached hydrogens (tertiary/aromatic N) is 2. The Kier molecular flexibility index (Phi) is 3.71. The van der Waals surface area contributed by atoms with Crippen LogP contribution in [0.15, 0.2) is 48.8 Å². The molecule has 0 atom stereocenters. The van der Waals surface area contributed by atoms with E-state index in [4.69, 9.17) is 0 Å². The van der Waals surface area contributed by atoms with Gasteiger partial charge in [-0.05, 0) is 24.3 Å². The summed E-state index contributed by atoms with van der Waals surface area (Å²) in [5.74, 6) is -0.183. The Hall–Kier alpha value is -2.49. The molecule has 1 aromatic carbocycles. The molecule has 0 aliphatic rings. The molecule has 0 radical (unpaired) electrons. The molecule has 4 heteroatoms. The molecule has 0 aliphatic carbocycles. The number of hydrogen-bond acceptors (Lipinski definition) is 3. The van der Waals surface area contributed by atoms with E-state index in [1.807, 2.05) is 0 Å². The van der Waals surface area contributed by atoms with E-state index in [-0.39, 0.29) is 11.7 Å². The molecule has 0 fully saturated rings. The monoisotopic (exact) mass is 254 g/mol. The highest BCUT2D eigenvalue weighted by molar-refractivity contribution is 6.09. The van der Waals surface area contributed by atoms with Crippen molar-refractivity contribution in [1.29, 1.82) is 0 Å². The normalized spacial score (nSPS) is 10.0. The van der Waals surface area contributed by atoms with E-state index in [1.54, 1.807) is 49.6 Å². The Labute approximate surface area is 111 Å². The largest absolute Gasteiger partial charge is 0.316 e. The minimum absolute atomic E-state index is 0.0778. The number of hydrogen-bond donors (Lipinski definition) is 0. The maximum atomic E-state index is 12.2. The minimum Gasteiger partial charge on any atom is -0.316 e. The molecule has 2 aromatic rings. The van der Waals surface area contributed by atoms with Crippen molar-refractivity contribution in [2.45, 2.75) is 6.92 Å². The van der Waals surface area contributed by atoms with E-state index in [1.165, 1.54) is 18.0 Å². The van der Waals surface area contributed by atoms with Crippen molar-refractivity contribution in [2.24, 2.45) is 0 Å². The zero-order valence-electron chi connectivity index (χ0n) is 10.8. The van der Waals surface area contributed by atoms with Crippen LogP contribution in [-0.4, -0.2) is 23.7 Å². The first kappa shape index (κ1) is 13.0. The van der Waals surface area contributed by atoms with Crippen LogP contribution in [0, 0.1) is 0 Å². The fraction of sp³-hybridized carbons (Fsp3) is 0.133. The number of aromatic nitrogens is 1. The average Bonchev–Trinajstić information content (AvgIpc) is 2.46. The lowest BCUT2D eigenvalue weighted by molar-refractivity contribution is -0.116. The van der Waals surface area contributed by atoms with Crippen LogP contribution in [0.25, 0.3) is 0 Å². The van der Waals surface area contributed by atoms with Gasteiger partial charge in [-0.15, -0.1) is 0 Å². The Morgan fingerprint density at radius 3 is 2.47 bits per heavy atom. The molecule has 1 amide bonds. The molecule has 1 heterocycles. The first-order valence-electron chi connectivity index (χ1n) is 5.88. The van der Waals surface area contributed by atoms with E-state index in [2.05, 4.69) is 4.98 Å². The molecule has 0 bridgehead atoms. The van der Waals surface area contributed by atoms with E-state index < -0.39 is 0 Å². The summed E-state index contributed by atoms with van der Waals surface area (Å²) in [6, 6.07) is 10.4. The molecule has 0 saturated heterocycles. The molecule has 96 valence electrons. The summed E-state index contributed by atoms with van der Waals surface area (Å²) in [5, 5.41) is 0. The van der Waals surface area contributed by atoms with Gasteiger partial charge in [0.25, 0.3) is 0 Å². The van der Waals surface area contributed by atoms with Crippen molar-refractivity contribution in [3.05, 3.63) is 59.9 Å². The number of benzene rings is 1. The molecule has 0 unspecified atom stereocenters. The second-order valence-corrected chi connectivity index (χ2v) is 4.20. The highest BCUT2D eigenvalue weighted by Gasteiger charge is 2.11. The predicted molar refractivity (Wildman–Crippen MR) is 73.2 cm³/mol. The van der Waals surface area contributed by atoms with Crippen molar-refractivity contribution in [1.82, 2.24) is 4.98 Å². The fourth-order valence-corrected chi connectivity index (χ4v) is 1.70. The molecule has 0 aliphatic heterocycles. The van der Waals surface area contributed by atoms with Gasteiger partial charge in [0.15, 0.2) is 5.78 Å². The number of rotatable bonds is 3. The van der Waals surface area contributed by atoms with Crippen LogP contribution in [-0.2, 0) is 4.79 Å². The number of pyridine rings is 1.